The Morgan fingerprint density at radius 3 is 2.50 bits per heavy atom. The van der Waals surface area contributed by atoms with E-state index in [-0.39, 0.29) is 5.41 Å². The van der Waals surface area contributed by atoms with Crippen molar-refractivity contribution in [3.8, 4) is 6.07 Å². The van der Waals surface area contributed by atoms with Gasteiger partial charge in [0.1, 0.15) is 0 Å². The van der Waals surface area contributed by atoms with Crippen molar-refractivity contribution in [2.24, 2.45) is 5.41 Å². The summed E-state index contributed by atoms with van der Waals surface area (Å²) in [7, 11) is 0. The van der Waals surface area contributed by atoms with Crippen LogP contribution in [0.15, 0.2) is 35.2 Å². The summed E-state index contributed by atoms with van der Waals surface area (Å²) in [4.78, 5) is 1.31. The molecule has 1 aromatic rings. The fourth-order valence-electron chi connectivity index (χ4n) is 2.35. The van der Waals surface area contributed by atoms with E-state index in [1.54, 1.807) is 0 Å². The fourth-order valence-corrected chi connectivity index (χ4v) is 3.43. The van der Waals surface area contributed by atoms with Crippen molar-refractivity contribution in [1.29, 1.82) is 5.26 Å². The maximum atomic E-state index is 9.25. The molecule has 1 aliphatic rings. The lowest BCUT2D eigenvalue weighted by atomic mass is 9.85. The zero-order chi connectivity index (χ0) is 11.3. The highest BCUT2D eigenvalue weighted by atomic mass is 32.2. The Morgan fingerprint density at radius 1 is 1.19 bits per heavy atom. The van der Waals surface area contributed by atoms with Crippen LogP contribution in [-0.4, -0.2) is 5.75 Å². The van der Waals surface area contributed by atoms with E-state index < -0.39 is 0 Å². The second kappa shape index (κ2) is 5.41. The number of nitriles is 1. The largest absolute Gasteiger partial charge is 0.198 e. The molecular weight excluding hydrogens is 214 g/mol. The van der Waals surface area contributed by atoms with Gasteiger partial charge in [0.05, 0.1) is 11.5 Å². The molecule has 0 unspecified atom stereocenters. The lowest BCUT2D eigenvalue weighted by molar-refractivity contribution is 0.399. The summed E-state index contributed by atoms with van der Waals surface area (Å²) < 4.78 is 0. The predicted molar refractivity (Wildman–Crippen MR) is 68.3 cm³/mol. The zero-order valence-corrected chi connectivity index (χ0v) is 10.3. The molecule has 0 amide bonds. The standard InChI is InChI=1S/C14H17NS/c15-12-14(8-4-5-9-14)10-11-16-13-6-2-1-3-7-13/h1-3,6-7H,4-5,8-11H2. The Kier molecular flexibility index (Phi) is 3.90. The van der Waals surface area contributed by atoms with Crippen LogP contribution in [0.5, 0.6) is 0 Å². The molecule has 0 N–H and O–H groups in total. The molecular formula is C14H17NS. The average molecular weight is 231 g/mol. The first-order chi connectivity index (χ1) is 7.85. The van der Waals surface area contributed by atoms with Crippen LogP contribution in [0.4, 0.5) is 0 Å². The number of hydrogen-bond acceptors (Lipinski definition) is 2. The maximum absolute atomic E-state index is 9.25. The monoisotopic (exact) mass is 231 g/mol. The summed E-state index contributed by atoms with van der Waals surface area (Å²) in [5.74, 6) is 1.07. The molecule has 0 saturated heterocycles. The number of nitrogens with zero attached hydrogens (tertiary/aromatic N) is 1. The van der Waals surface area contributed by atoms with Crippen LogP contribution >= 0.6 is 11.8 Å². The van der Waals surface area contributed by atoms with Gasteiger partial charge < -0.3 is 0 Å². The van der Waals surface area contributed by atoms with Crippen molar-refractivity contribution in [3.63, 3.8) is 0 Å². The molecule has 0 heterocycles. The smallest absolute Gasteiger partial charge is 0.0690 e. The van der Waals surface area contributed by atoms with E-state index in [1.807, 2.05) is 17.8 Å². The van der Waals surface area contributed by atoms with Crippen molar-refractivity contribution in [3.05, 3.63) is 30.3 Å². The molecule has 0 bridgehead atoms. The van der Waals surface area contributed by atoms with Crippen LogP contribution in [0.2, 0.25) is 0 Å². The van der Waals surface area contributed by atoms with E-state index >= 15 is 0 Å². The van der Waals surface area contributed by atoms with E-state index in [9.17, 15) is 5.26 Å². The first kappa shape index (κ1) is 11.5. The van der Waals surface area contributed by atoms with Crippen LogP contribution in [-0.2, 0) is 0 Å². The summed E-state index contributed by atoms with van der Waals surface area (Å²) >= 11 is 1.87. The van der Waals surface area contributed by atoms with Gasteiger partial charge in [0.25, 0.3) is 0 Å². The van der Waals surface area contributed by atoms with Crippen molar-refractivity contribution >= 4 is 11.8 Å². The van der Waals surface area contributed by atoms with Gasteiger partial charge in [-0.2, -0.15) is 5.26 Å². The van der Waals surface area contributed by atoms with Gasteiger partial charge in [0.15, 0.2) is 0 Å². The third-order valence-electron chi connectivity index (χ3n) is 3.39. The minimum Gasteiger partial charge on any atom is -0.198 e. The van der Waals surface area contributed by atoms with Gasteiger partial charge in [0.2, 0.25) is 0 Å². The Hall–Kier alpha value is -0.940. The lowest BCUT2D eigenvalue weighted by Gasteiger charge is -2.19. The third kappa shape index (κ3) is 2.80. The second-order valence-electron chi connectivity index (χ2n) is 4.51. The van der Waals surface area contributed by atoms with Gasteiger partial charge in [-0.25, -0.2) is 0 Å². The highest BCUT2D eigenvalue weighted by molar-refractivity contribution is 7.99. The topological polar surface area (TPSA) is 23.8 Å². The molecule has 2 rings (SSSR count). The van der Waals surface area contributed by atoms with Crippen molar-refractivity contribution in [2.45, 2.75) is 37.0 Å². The van der Waals surface area contributed by atoms with Gasteiger partial charge in [-0.3, -0.25) is 0 Å². The summed E-state index contributed by atoms with van der Waals surface area (Å²) in [5.41, 5.74) is 0.00177. The van der Waals surface area contributed by atoms with Gasteiger partial charge in [-0.1, -0.05) is 31.0 Å². The molecule has 1 aliphatic carbocycles. The number of hydrogen-bond donors (Lipinski definition) is 0. The van der Waals surface area contributed by atoms with Crippen LogP contribution in [0.1, 0.15) is 32.1 Å². The normalized spacial score (nSPS) is 18.2. The highest BCUT2D eigenvalue weighted by Crippen LogP contribution is 2.41. The Bertz CT molecular complexity index is 360. The quantitative estimate of drug-likeness (QED) is 0.723. The number of rotatable bonds is 4. The van der Waals surface area contributed by atoms with E-state index in [1.165, 1.54) is 17.7 Å². The first-order valence-electron chi connectivity index (χ1n) is 5.94. The van der Waals surface area contributed by atoms with Crippen molar-refractivity contribution in [1.82, 2.24) is 0 Å². The molecule has 0 spiro atoms. The van der Waals surface area contributed by atoms with E-state index in [0.717, 1.165) is 25.0 Å². The first-order valence-corrected chi connectivity index (χ1v) is 6.92. The molecule has 0 aromatic heterocycles. The van der Waals surface area contributed by atoms with Crippen LogP contribution in [0.25, 0.3) is 0 Å². The van der Waals surface area contributed by atoms with Crippen LogP contribution in [0, 0.1) is 16.7 Å². The number of thioether (sulfide) groups is 1. The Morgan fingerprint density at radius 2 is 1.88 bits per heavy atom. The Balaban J connectivity index is 1.82. The fraction of sp³-hybridized carbons (Fsp3) is 0.500. The summed E-state index contributed by atoms with van der Waals surface area (Å²) in [6.45, 7) is 0. The van der Waals surface area contributed by atoms with Gasteiger partial charge in [-0.05, 0) is 37.1 Å². The van der Waals surface area contributed by atoms with Gasteiger partial charge in [-0.15, -0.1) is 11.8 Å². The molecule has 2 heteroatoms. The van der Waals surface area contributed by atoms with Gasteiger partial charge >= 0.3 is 0 Å². The highest BCUT2D eigenvalue weighted by Gasteiger charge is 2.33. The van der Waals surface area contributed by atoms with E-state index in [0.29, 0.717) is 0 Å². The minimum atomic E-state index is 0.00177. The molecule has 1 nitrogen and oxygen atoms in total. The molecule has 1 aromatic carbocycles. The molecule has 1 fully saturated rings. The lowest BCUT2D eigenvalue weighted by Crippen LogP contribution is -2.14. The molecule has 0 aliphatic heterocycles. The molecule has 0 atom stereocenters. The maximum Gasteiger partial charge on any atom is 0.0690 e. The van der Waals surface area contributed by atoms with Crippen LogP contribution in [0.3, 0.4) is 0 Å². The minimum absolute atomic E-state index is 0.00177. The van der Waals surface area contributed by atoms with Crippen molar-refractivity contribution < 1.29 is 0 Å². The Labute approximate surface area is 102 Å². The second-order valence-corrected chi connectivity index (χ2v) is 5.68. The molecule has 16 heavy (non-hydrogen) atoms. The van der Waals surface area contributed by atoms with Crippen LogP contribution < -0.4 is 0 Å². The van der Waals surface area contributed by atoms with Gasteiger partial charge in [0, 0.05) is 4.90 Å². The zero-order valence-electron chi connectivity index (χ0n) is 9.48. The SMILES string of the molecule is N#CC1(CCSc2ccccc2)CCCC1. The third-order valence-corrected chi connectivity index (χ3v) is 4.40. The molecule has 84 valence electrons. The molecule has 1 saturated carbocycles. The number of benzene rings is 1. The summed E-state index contributed by atoms with van der Waals surface area (Å²) in [6, 6.07) is 13.0. The van der Waals surface area contributed by atoms with Crippen molar-refractivity contribution in [2.75, 3.05) is 5.75 Å². The predicted octanol–water partition coefficient (Wildman–Crippen LogP) is 4.25. The summed E-state index contributed by atoms with van der Waals surface area (Å²) in [6.07, 6.45) is 5.74. The summed E-state index contributed by atoms with van der Waals surface area (Å²) in [5, 5.41) is 9.25. The van der Waals surface area contributed by atoms with E-state index in [4.69, 9.17) is 0 Å². The molecule has 0 radical (unpaired) electrons. The average Bonchev–Trinajstić information content (AvgIpc) is 2.80. The van der Waals surface area contributed by atoms with E-state index in [2.05, 4.69) is 30.3 Å².